The Balaban J connectivity index is 1.47. The summed E-state index contributed by atoms with van der Waals surface area (Å²) in [4.78, 5) is 3.72. The highest BCUT2D eigenvalue weighted by molar-refractivity contribution is 7.19. The maximum atomic E-state index is 6.53. The Kier molecular flexibility index (Phi) is 3.67. The van der Waals surface area contributed by atoms with E-state index in [1.54, 1.807) is 11.3 Å². The lowest BCUT2D eigenvalue weighted by molar-refractivity contribution is -0.185. The molecule has 0 aliphatic carbocycles. The molecular formula is C16H18ClNO2S. The number of thiophene rings is 1. The highest BCUT2D eigenvalue weighted by Gasteiger charge is 2.39. The van der Waals surface area contributed by atoms with Crippen molar-refractivity contribution in [3.05, 3.63) is 34.2 Å². The Bertz CT molecular complexity index is 641. The van der Waals surface area contributed by atoms with Crippen molar-refractivity contribution < 1.29 is 9.47 Å². The maximum Gasteiger partial charge on any atom is 0.170 e. The van der Waals surface area contributed by atoms with Gasteiger partial charge in [-0.2, -0.15) is 0 Å². The molecule has 0 saturated carbocycles. The molecule has 2 fully saturated rings. The lowest BCUT2D eigenvalue weighted by Crippen LogP contribution is -2.44. The van der Waals surface area contributed by atoms with E-state index in [4.69, 9.17) is 21.1 Å². The van der Waals surface area contributed by atoms with Gasteiger partial charge in [-0.3, -0.25) is 4.90 Å². The topological polar surface area (TPSA) is 21.7 Å². The van der Waals surface area contributed by atoms with Gasteiger partial charge in [-0.05, 0) is 6.07 Å². The SMILES string of the molecule is Clc1c(CN2CCC3(CC2)OCCO3)sc2ccccc12. The van der Waals surface area contributed by atoms with Crippen LogP contribution in [0.15, 0.2) is 24.3 Å². The van der Waals surface area contributed by atoms with Crippen LogP contribution in [-0.2, 0) is 16.0 Å². The highest BCUT2D eigenvalue weighted by atomic mass is 35.5. The van der Waals surface area contributed by atoms with Crippen molar-refractivity contribution in [2.45, 2.75) is 25.2 Å². The lowest BCUT2D eigenvalue weighted by atomic mass is 10.0. The minimum atomic E-state index is -0.291. The van der Waals surface area contributed by atoms with Crippen LogP contribution in [0.4, 0.5) is 0 Å². The van der Waals surface area contributed by atoms with Crippen LogP contribution in [0, 0.1) is 0 Å². The monoisotopic (exact) mass is 323 g/mol. The second kappa shape index (κ2) is 5.52. The molecule has 21 heavy (non-hydrogen) atoms. The quantitative estimate of drug-likeness (QED) is 0.837. The first-order valence-electron chi connectivity index (χ1n) is 7.42. The van der Waals surface area contributed by atoms with Crippen LogP contribution in [0.3, 0.4) is 0 Å². The van der Waals surface area contributed by atoms with Crippen molar-refractivity contribution in [1.82, 2.24) is 4.90 Å². The van der Waals surface area contributed by atoms with E-state index < -0.39 is 0 Å². The normalized spacial score (nSPS) is 22.3. The van der Waals surface area contributed by atoms with E-state index in [2.05, 4.69) is 23.1 Å². The summed E-state index contributed by atoms with van der Waals surface area (Å²) in [5, 5.41) is 2.10. The molecule has 0 unspecified atom stereocenters. The van der Waals surface area contributed by atoms with Crippen molar-refractivity contribution in [1.29, 1.82) is 0 Å². The summed E-state index contributed by atoms with van der Waals surface area (Å²) in [5.41, 5.74) is 0. The molecule has 112 valence electrons. The van der Waals surface area contributed by atoms with Crippen LogP contribution in [0.5, 0.6) is 0 Å². The Morgan fingerprint density at radius 1 is 1.14 bits per heavy atom. The van der Waals surface area contributed by atoms with Crippen LogP contribution < -0.4 is 0 Å². The van der Waals surface area contributed by atoms with Gasteiger partial charge in [0.15, 0.2) is 5.79 Å². The molecule has 1 aromatic carbocycles. The summed E-state index contributed by atoms with van der Waals surface area (Å²) < 4.78 is 12.8. The van der Waals surface area contributed by atoms with Gasteiger partial charge in [-0.1, -0.05) is 29.8 Å². The summed E-state index contributed by atoms with van der Waals surface area (Å²) in [5.74, 6) is -0.291. The fourth-order valence-electron chi connectivity index (χ4n) is 3.21. The maximum absolute atomic E-state index is 6.53. The van der Waals surface area contributed by atoms with Crippen LogP contribution >= 0.6 is 22.9 Å². The van der Waals surface area contributed by atoms with Gasteiger partial charge in [0, 0.05) is 47.4 Å². The van der Waals surface area contributed by atoms with Crippen LogP contribution in [0.2, 0.25) is 5.02 Å². The number of benzene rings is 1. The Morgan fingerprint density at radius 3 is 2.57 bits per heavy atom. The molecule has 2 aromatic rings. The van der Waals surface area contributed by atoms with Gasteiger partial charge < -0.3 is 9.47 Å². The number of halogens is 1. The number of fused-ring (bicyclic) bond motifs is 1. The van der Waals surface area contributed by atoms with Gasteiger partial charge in [0.1, 0.15) is 0 Å². The molecule has 4 rings (SSSR count). The molecule has 2 aliphatic heterocycles. The zero-order valence-corrected chi connectivity index (χ0v) is 13.4. The standard InChI is InChI=1S/C16H18ClNO2S/c17-15-12-3-1-2-4-13(12)21-14(15)11-18-7-5-16(6-8-18)19-9-10-20-16/h1-4H,5-11H2. The Morgan fingerprint density at radius 2 is 1.86 bits per heavy atom. The zero-order valence-electron chi connectivity index (χ0n) is 11.8. The van der Waals surface area contributed by atoms with Crippen molar-refractivity contribution >= 4 is 33.0 Å². The van der Waals surface area contributed by atoms with E-state index in [1.165, 1.54) is 15.0 Å². The summed E-state index contributed by atoms with van der Waals surface area (Å²) in [7, 11) is 0. The molecule has 1 aromatic heterocycles. The van der Waals surface area contributed by atoms with E-state index in [-0.39, 0.29) is 5.79 Å². The minimum absolute atomic E-state index is 0.291. The van der Waals surface area contributed by atoms with Crippen molar-refractivity contribution in [3.63, 3.8) is 0 Å². The van der Waals surface area contributed by atoms with E-state index in [9.17, 15) is 0 Å². The molecule has 0 amide bonds. The van der Waals surface area contributed by atoms with Gasteiger partial charge in [-0.15, -0.1) is 11.3 Å². The third-order valence-electron chi connectivity index (χ3n) is 4.40. The zero-order chi connectivity index (χ0) is 14.3. The van der Waals surface area contributed by atoms with Crippen molar-refractivity contribution in [2.24, 2.45) is 0 Å². The summed E-state index contributed by atoms with van der Waals surface area (Å²) in [6.07, 6.45) is 1.91. The molecule has 3 heterocycles. The fraction of sp³-hybridized carbons (Fsp3) is 0.500. The molecule has 0 N–H and O–H groups in total. The first-order valence-corrected chi connectivity index (χ1v) is 8.61. The van der Waals surface area contributed by atoms with Crippen molar-refractivity contribution in [2.75, 3.05) is 26.3 Å². The van der Waals surface area contributed by atoms with E-state index >= 15 is 0 Å². The second-order valence-corrected chi connectivity index (χ2v) is 7.23. The second-order valence-electron chi connectivity index (χ2n) is 5.72. The average molecular weight is 324 g/mol. The van der Waals surface area contributed by atoms with Crippen LogP contribution in [0.1, 0.15) is 17.7 Å². The van der Waals surface area contributed by atoms with Gasteiger partial charge in [0.05, 0.1) is 18.2 Å². The summed E-state index contributed by atoms with van der Waals surface area (Å²) in [6, 6.07) is 8.35. The number of piperidine rings is 1. The van der Waals surface area contributed by atoms with Crippen LogP contribution in [0.25, 0.3) is 10.1 Å². The molecular weight excluding hydrogens is 306 g/mol. The van der Waals surface area contributed by atoms with E-state index in [1.807, 2.05) is 6.07 Å². The molecule has 0 bridgehead atoms. The molecule has 2 aliphatic rings. The van der Waals surface area contributed by atoms with Gasteiger partial charge in [0.25, 0.3) is 0 Å². The molecule has 1 spiro atoms. The average Bonchev–Trinajstić information content (AvgIpc) is 3.09. The predicted molar refractivity (Wildman–Crippen MR) is 86.0 cm³/mol. The third kappa shape index (κ3) is 2.60. The largest absolute Gasteiger partial charge is 0.347 e. The van der Waals surface area contributed by atoms with Gasteiger partial charge in [-0.25, -0.2) is 0 Å². The third-order valence-corrected chi connectivity index (χ3v) is 6.10. The van der Waals surface area contributed by atoms with Gasteiger partial charge in [0.2, 0.25) is 0 Å². The molecule has 2 saturated heterocycles. The van der Waals surface area contributed by atoms with E-state index in [0.29, 0.717) is 0 Å². The number of nitrogens with zero attached hydrogens (tertiary/aromatic N) is 1. The number of hydrogen-bond donors (Lipinski definition) is 0. The lowest BCUT2D eigenvalue weighted by Gasteiger charge is -2.37. The fourth-order valence-corrected chi connectivity index (χ4v) is 4.74. The predicted octanol–water partition coefficient (Wildman–Crippen LogP) is 3.89. The smallest absolute Gasteiger partial charge is 0.170 e. The van der Waals surface area contributed by atoms with Crippen molar-refractivity contribution in [3.8, 4) is 0 Å². The first kappa shape index (κ1) is 14.0. The highest BCUT2D eigenvalue weighted by Crippen LogP contribution is 2.37. The molecule has 3 nitrogen and oxygen atoms in total. The van der Waals surface area contributed by atoms with Crippen LogP contribution in [-0.4, -0.2) is 37.0 Å². The molecule has 0 radical (unpaired) electrons. The number of rotatable bonds is 2. The summed E-state index contributed by atoms with van der Waals surface area (Å²) >= 11 is 8.34. The van der Waals surface area contributed by atoms with Gasteiger partial charge >= 0.3 is 0 Å². The molecule has 5 heteroatoms. The van der Waals surface area contributed by atoms with E-state index in [0.717, 1.165) is 50.7 Å². The number of ether oxygens (including phenoxy) is 2. The molecule has 0 atom stereocenters. The number of hydrogen-bond acceptors (Lipinski definition) is 4. The minimum Gasteiger partial charge on any atom is -0.347 e. The Labute approximate surface area is 133 Å². The first-order chi connectivity index (χ1) is 10.3. The summed E-state index contributed by atoms with van der Waals surface area (Å²) in [6.45, 7) is 4.41. The Hall–Kier alpha value is -0.650. The number of likely N-dealkylation sites (tertiary alicyclic amines) is 1.